The Kier molecular flexibility index (Phi) is 4.36. The predicted molar refractivity (Wildman–Crippen MR) is 65.2 cm³/mol. The number of rotatable bonds is 4. The van der Waals surface area contributed by atoms with Crippen LogP contribution in [-0.2, 0) is 0 Å². The van der Waals surface area contributed by atoms with Crippen molar-refractivity contribution in [3.05, 3.63) is 46.5 Å². The maximum absolute atomic E-state index is 6.03. The molecule has 1 aromatic rings. The zero-order chi connectivity index (χ0) is 10.6. The number of benzene rings is 1. The van der Waals surface area contributed by atoms with Crippen molar-refractivity contribution in [2.45, 2.75) is 25.8 Å². The molecular formula is C12H16BrN. The zero-order valence-corrected chi connectivity index (χ0v) is 10.0. The molecule has 0 fully saturated rings. The molecule has 0 heterocycles. The van der Waals surface area contributed by atoms with Crippen LogP contribution in [0.2, 0.25) is 0 Å². The fourth-order valence-corrected chi connectivity index (χ4v) is 1.70. The lowest BCUT2D eigenvalue weighted by Gasteiger charge is -2.11. The predicted octanol–water partition coefficient (Wildman–Crippen LogP) is 3.72. The Hall–Kier alpha value is -0.600. The molecule has 0 spiro atoms. The highest BCUT2D eigenvalue weighted by Crippen LogP contribution is 2.22. The number of aryl methyl sites for hydroxylation is 1. The van der Waals surface area contributed by atoms with Gasteiger partial charge in [-0.3, -0.25) is 0 Å². The number of hydrogen-bond donors (Lipinski definition) is 1. The van der Waals surface area contributed by atoms with Gasteiger partial charge in [-0.25, -0.2) is 0 Å². The molecule has 14 heavy (non-hydrogen) atoms. The van der Waals surface area contributed by atoms with Crippen molar-refractivity contribution in [3.63, 3.8) is 0 Å². The van der Waals surface area contributed by atoms with Crippen molar-refractivity contribution < 1.29 is 0 Å². The highest BCUT2D eigenvalue weighted by Gasteiger charge is 2.05. The molecule has 0 bridgehead atoms. The van der Waals surface area contributed by atoms with Gasteiger partial charge in [-0.1, -0.05) is 34.1 Å². The van der Waals surface area contributed by atoms with Crippen molar-refractivity contribution in [2.75, 3.05) is 0 Å². The highest BCUT2D eigenvalue weighted by molar-refractivity contribution is 9.10. The summed E-state index contributed by atoms with van der Waals surface area (Å²) in [6.45, 7) is 5.77. The second-order valence-electron chi connectivity index (χ2n) is 3.48. The van der Waals surface area contributed by atoms with Crippen molar-refractivity contribution in [1.29, 1.82) is 0 Å². The van der Waals surface area contributed by atoms with Gasteiger partial charge in [0.05, 0.1) is 0 Å². The third-order valence-electron chi connectivity index (χ3n) is 2.31. The Labute approximate surface area is 94.1 Å². The normalized spacial score (nSPS) is 12.5. The molecule has 0 saturated carbocycles. The summed E-state index contributed by atoms with van der Waals surface area (Å²) >= 11 is 3.51. The van der Waals surface area contributed by atoms with E-state index in [0.29, 0.717) is 0 Å². The third-order valence-corrected chi connectivity index (χ3v) is 3.16. The quantitative estimate of drug-likeness (QED) is 0.814. The first-order valence-corrected chi connectivity index (χ1v) is 5.57. The summed E-state index contributed by atoms with van der Waals surface area (Å²) in [6.07, 6.45) is 3.83. The minimum Gasteiger partial charge on any atom is -0.324 e. The summed E-state index contributed by atoms with van der Waals surface area (Å²) in [5.74, 6) is 0. The Morgan fingerprint density at radius 3 is 2.86 bits per heavy atom. The first-order valence-electron chi connectivity index (χ1n) is 4.77. The van der Waals surface area contributed by atoms with E-state index in [1.807, 2.05) is 6.08 Å². The molecule has 0 unspecified atom stereocenters. The van der Waals surface area contributed by atoms with Gasteiger partial charge in [0, 0.05) is 10.5 Å². The average molecular weight is 254 g/mol. The molecule has 1 atom stereocenters. The Balaban J connectivity index is 2.75. The maximum atomic E-state index is 6.03. The van der Waals surface area contributed by atoms with Gasteiger partial charge < -0.3 is 5.73 Å². The largest absolute Gasteiger partial charge is 0.324 e. The van der Waals surface area contributed by atoms with E-state index in [4.69, 9.17) is 5.73 Å². The van der Waals surface area contributed by atoms with Crippen LogP contribution in [0.25, 0.3) is 0 Å². The lowest BCUT2D eigenvalue weighted by atomic mass is 10.0. The summed E-state index contributed by atoms with van der Waals surface area (Å²) in [7, 11) is 0. The Morgan fingerprint density at radius 1 is 1.57 bits per heavy atom. The second kappa shape index (κ2) is 5.32. The highest BCUT2D eigenvalue weighted by atomic mass is 79.9. The van der Waals surface area contributed by atoms with Gasteiger partial charge in [0.2, 0.25) is 0 Å². The summed E-state index contributed by atoms with van der Waals surface area (Å²) in [6, 6.07) is 6.40. The van der Waals surface area contributed by atoms with Crippen LogP contribution in [-0.4, -0.2) is 0 Å². The van der Waals surface area contributed by atoms with Gasteiger partial charge in [-0.15, -0.1) is 6.58 Å². The van der Waals surface area contributed by atoms with Crippen LogP contribution >= 0.6 is 15.9 Å². The van der Waals surface area contributed by atoms with Crippen LogP contribution < -0.4 is 5.73 Å². The van der Waals surface area contributed by atoms with E-state index >= 15 is 0 Å². The van der Waals surface area contributed by atoms with E-state index in [9.17, 15) is 0 Å². The number of allylic oxidation sites excluding steroid dienone is 1. The summed E-state index contributed by atoms with van der Waals surface area (Å²) in [5.41, 5.74) is 8.46. The van der Waals surface area contributed by atoms with E-state index in [0.717, 1.165) is 17.3 Å². The Morgan fingerprint density at radius 2 is 2.29 bits per heavy atom. The van der Waals surface area contributed by atoms with E-state index in [1.54, 1.807) is 0 Å². The van der Waals surface area contributed by atoms with Crippen molar-refractivity contribution in [2.24, 2.45) is 5.73 Å². The summed E-state index contributed by atoms with van der Waals surface area (Å²) in [5, 5.41) is 0. The van der Waals surface area contributed by atoms with Gasteiger partial charge in [0.25, 0.3) is 0 Å². The average Bonchev–Trinajstić information content (AvgIpc) is 2.18. The van der Waals surface area contributed by atoms with E-state index in [-0.39, 0.29) is 6.04 Å². The molecule has 0 amide bonds. The number of hydrogen-bond acceptors (Lipinski definition) is 1. The molecule has 1 rings (SSSR count). The topological polar surface area (TPSA) is 26.0 Å². The van der Waals surface area contributed by atoms with Gasteiger partial charge in [0.1, 0.15) is 0 Å². The van der Waals surface area contributed by atoms with Crippen LogP contribution in [0.5, 0.6) is 0 Å². The fourth-order valence-electron chi connectivity index (χ4n) is 1.30. The van der Waals surface area contributed by atoms with Crippen molar-refractivity contribution in [1.82, 2.24) is 0 Å². The van der Waals surface area contributed by atoms with Crippen LogP contribution in [0.3, 0.4) is 0 Å². The molecule has 2 N–H and O–H groups in total. The molecule has 0 radical (unpaired) electrons. The molecule has 0 saturated heterocycles. The smallest absolute Gasteiger partial charge is 0.0298 e. The fraction of sp³-hybridized carbons (Fsp3) is 0.333. The van der Waals surface area contributed by atoms with Crippen molar-refractivity contribution in [3.8, 4) is 0 Å². The SMILES string of the molecule is C=CCC[C@H](N)c1ccc(C)c(Br)c1. The van der Waals surface area contributed by atoms with Crippen LogP contribution in [0.1, 0.15) is 30.0 Å². The van der Waals surface area contributed by atoms with Crippen LogP contribution in [0.4, 0.5) is 0 Å². The van der Waals surface area contributed by atoms with Gasteiger partial charge in [0.15, 0.2) is 0 Å². The molecule has 1 nitrogen and oxygen atoms in total. The zero-order valence-electron chi connectivity index (χ0n) is 8.46. The molecular weight excluding hydrogens is 238 g/mol. The molecule has 0 aliphatic rings. The second-order valence-corrected chi connectivity index (χ2v) is 4.34. The lowest BCUT2D eigenvalue weighted by molar-refractivity contribution is 0.661. The molecule has 0 aromatic heterocycles. The molecule has 2 heteroatoms. The minimum absolute atomic E-state index is 0.116. The third kappa shape index (κ3) is 2.96. The minimum atomic E-state index is 0.116. The van der Waals surface area contributed by atoms with E-state index in [1.165, 1.54) is 11.1 Å². The maximum Gasteiger partial charge on any atom is 0.0298 e. The van der Waals surface area contributed by atoms with E-state index < -0.39 is 0 Å². The van der Waals surface area contributed by atoms with E-state index in [2.05, 4.69) is 47.6 Å². The summed E-state index contributed by atoms with van der Waals surface area (Å²) < 4.78 is 1.13. The van der Waals surface area contributed by atoms with Gasteiger partial charge in [-0.05, 0) is 37.0 Å². The number of halogens is 1. The monoisotopic (exact) mass is 253 g/mol. The van der Waals surface area contributed by atoms with Crippen LogP contribution in [0, 0.1) is 6.92 Å². The van der Waals surface area contributed by atoms with Gasteiger partial charge >= 0.3 is 0 Å². The van der Waals surface area contributed by atoms with Gasteiger partial charge in [-0.2, -0.15) is 0 Å². The molecule has 0 aliphatic carbocycles. The Bertz CT molecular complexity index is 320. The standard InChI is InChI=1S/C12H16BrN/c1-3-4-5-12(14)10-7-6-9(2)11(13)8-10/h3,6-8,12H,1,4-5,14H2,2H3/t12-/m0/s1. The molecule has 1 aromatic carbocycles. The van der Waals surface area contributed by atoms with Crippen molar-refractivity contribution >= 4 is 15.9 Å². The number of nitrogens with two attached hydrogens (primary N) is 1. The first-order chi connectivity index (χ1) is 6.65. The van der Waals surface area contributed by atoms with Crippen LogP contribution in [0.15, 0.2) is 35.3 Å². The lowest BCUT2D eigenvalue weighted by Crippen LogP contribution is -2.09. The molecule has 0 aliphatic heterocycles. The first kappa shape index (κ1) is 11.5. The molecule has 76 valence electrons. The summed E-state index contributed by atoms with van der Waals surface area (Å²) in [4.78, 5) is 0.